The van der Waals surface area contributed by atoms with E-state index in [0.717, 1.165) is 6.42 Å². The molecule has 1 N–H and O–H groups in total. The lowest BCUT2D eigenvalue weighted by atomic mass is 10.3. The Morgan fingerprint density at radius 2 is 2.10 bits per heavy atom. The quantitative estimate of drug-likeness (QED) is 0.577. The Labute approximate surface area is 117 Å². The number of hydrogen-bond acceptors (Lipinski definition) is 5. The first-order valence-electron chi connectivity index (χ1n) is 6.60. The van der Waals surface area contributed by atoms with Gasteiger partial charge in [0.2, 0.25) is 5.82 Å². The average molecular weight is 284 g/mol. The minimum atomic E-state index is -1.02. The van der Waals surface area contributed by atoms with Gasteiger partial charge in [-0.05, 0) is 19.8 Å². The molecule has 0 amide bonds. The topological polar surface area (TPSA) is 102 Å². The zero-order chi connectivity index (χ0) is 15.3. The molecular weight excluding hydrogens is 264 g/mol. The molecule has 1 aromatic rings. The third-order valence-corrected chi connectivity index (χ3v) is 2.81. The summed E-state index contributed by atoms with van der Waals surface area (Å²) in [7, 11) is 0. The van der Waals surface area contributed by atoms with Crippen molar-refractivity contribution in [2.45, 2.75) is 40.2 Å². The molecule has 0 saturated heterocycles. The van der Waals surface area contributed by atoms with Crippen LogP contribution in [0.4, 0.5) is 11.5 Å². The number of anilines is 1. The van der Waals surface area contributed by atoms with Crippen molar-refractivity contribution in [1.29, 1.82) is 0 Å². The number of carboxylic acid groups (broad SMARTS) is 1. The third-order valence-electron chi connectivity index (χ3n) is 2.81. The average Bonchev–Trinajstić information content (AvgIpc) is 2.65. The summed E-state index contributed by atoms with van der Waals surface area (Å²) < 4.78 is 1.53. The van der Waals surface area contributed by atoms with Gasteiger partial charge in [-0.15, -0.1) is 0 Å². The van der Waals surface area contributed by atoms with Gasteiger partial charge in [0.25, 0.3) is 0 Å². The Morgan fingerprint density at radius 3 is 2.55 bits per heavy atom. The lowest BCUT2D eigenvalue weighted by Gasteiger charge is -2.22. The molecule has 0 bridgehead atoms. The van der Waals surface area contributed by atoms with Gasteiger partial charge in [-0.1, -0.05) is 13.8 Å². The summed E-state index contributed by atoms with van der Waals surface area (Å²) in [6, 6.07) is 0. The van der Waals surface area contributed by atoms with Gasteiger partial charge < -0.3 is 10.0 Å². The van der Waals surface area contributed by atoms with E-state index in [9.17, 15) is 14.9 Å². The molecule has 0 saturated carbocycles. The monoisotopic (exact) mass is 284 g/mol. The second-order valence-electron chi connectivity index (χ2n) is 4.55. The number of hydrogen-bond donors (Lipinski definition) is 1. The molecular formula is C12H20N4O4. The van der Waals surface area contributed by atoms with Crippen LogP contribution in [0.15, 0.2) is 0 Å². The maximum Gasteiger partial charge on any atom is 0.333 e. The second kappa shape index (κ2) is 6.88. The highest BCUT2D eigenvalue weighted by molar-refractivity contribution is 5.75. The second-order valence-corrected chi connectivity index (χ2v) is 4.55. The van der Waals surface area contributed by atoms with Crippen LogP contribution >= 0.6 is 0 Å². The van der Waals surface area contributed by atoms with Gasteiger partial charge in [-0.25, -0.2) is 4.68 Å². The minimum absolute atomic E-state index is 0.104. The van der Waals surface area contributed by atoms with Gasteiger partial charge in [0.1, 0.15) is 12.2 Å². The van der Waals surface area contributed by atoms with Gasteiger partial charge in [0.05, 0.1) is 4.92 Å². The van der Waals surface area contributed by atoms with Crippen molar-refractivity contribution in [3.63, 3.8) is 0 Å². The van der Waals surface area contributed by atoms with Crippen LogP contribution in [0.5, 0.6) is 0 Å². The summed E-state index contributed by atoms with van der Waals surface area (Å²) in [6.07, 6.45) is 1.46. The molecule has 0 unspecified atom stereocenters. The predicted molar refractivity (Wildman–Crippen MR) is 74.0 cm³/mol. The van der Waals surface area contributed by atoms with E-state index in [2.05, 4.69) is 5.10 Å². The molecule has 112 valence electrons. The molecule has 0 radical (unpaired) electrons. The molecule has 0 aliphatic rings. The summed E-state index contributed by atoms with van der Waals surface area (Å²) in [4.78, 5) is 23.2. The molecule has 1 heterocycles. The van der Waals surface area contributed by atoms with Gasteiger partial charge in [0.15, 0.2) is 0 Å². The maximum absolute atomic E-state index is 11.2. The molecule has 0 aromatic carbocycles. The molecule has 0 aliphatic heterocycles. The molecule has 20 heavy (non-hydrogen) atoms. The Hall–Kier alpha value is -2.12. The van der Waals surface area contributed by atoms with Crippen LogP contribution in [0, 0.1) is 17.0 Å². The number of aromatic nitrogens is 2. The number of carboxylic acids is 1. The number of nitrogens with zero attached hydrogens (tertiary/aromatic N) is 4. The lowest BCUT2D eigenvalue weighted by Crippen LogP contribution is -2.32. The van der Waals surface area contributed by atoms with Crippen LogP contribution in [0.3, 0.4) is 0 Å². The maximum atomic E-state index is 11.2. The van der Waals surface area contributed by atoms with Crippen LogP contribution < -0.4 is 4.90 Å². The first-order valence-corrected chi connectivity index (χ1v) is 6.60. The van der Waals surface area contributed by atoms with Crippen molar-refractivity contribution in [2.24, 2.45) is 0 Å². The van der Waals surface area contributed by atoms with E-state index in [4.69, 9.17) is 5.11 Å². The predicted octanol–water partition coefficient (Wildman–Crippen LogP) is 1.81. The van der Waals surface area contributed by atoms with Crippen LogP contribution in [0.25, 0.3) is 0 Å². The van der Waals surface area contributed by atoms with Crippen LogP contribution in [0.2, 0.25) is 0 Å². The standard InChI is InChI=1S/C12H20N4O4/c1-4-6-14(8-10(17)18)12-11(16(19)20)9(3)13-15(12)7-5-2/h4-8H2,1-3H3,(H,17,18). The van der Waals surface area contributed by atoms with Crippen LogP contribution in [-0.2, 0) is 11.3 Å². The first-order chi connectivity index (χ1) is 9.42. The summed E-state index contributed by atoms with van der Waals surface area (Å²) >= 11 is 0. The van der Waals surface area contributed by atoms with Crippen molar-refractivity contribution in [3.05, 3.63) is 15.8 Å². The van der Waals surface area contributed by atoms with Crippen molar-refractivity contribution in [3.8, 4) is 0 Å². The number of aryl methyl sites for hydroxylation is 2. The number of aliphatic carboxylic acids is 1. The van der Waals surface area contributed by atoms with Crippen LogP contribution in [0.1, 0.15) is 32.4 Å². The number of rotatable bonds is 8. The summed E-state index contributed by atoms with van der Waals surface area (Å²) in [5.74, 6) is -0.728. The van der Waals surface area contributed by atoms with E-state index in [-0.39, 0.29) is 12.2 Å². The third kappa shape index (κ3) is 3.46. The molecule has 0 aliphatic carbocycles. The largest absolute Gasteiger partial charge is 0.480 e. The van der Waals surface area contributed by atoms with Gasteiger partial charge >= 0.3 is 11.7 Å². The smallest absolute Gasteiger partial charge is 0.333 e. The summed E-state index contributed by atoms with van der Waals surface area (Å²) in [6.45, 7) is 6.08. The van der Waals surface area contributed by atoms with E-state index in [1.807, 2.05) is 13.8 Å². The van der Waals surface area contributed by atoms with Crippen molar-refractivity contribution >= 4 is 17.5 Å². The Balaban J connectivity index is 3.34. The zero-order valence-corrected chi connectivity index (χ0v) is 12.0. The van der Waals surface area contributed by atoms with E-state index < -0.39 is 10.9 Å². The molecule has 0 spiro atoms. The van der Waals surface area contributed by atoms with E-state index in [1.165, 1.54) is 9.58 Å². The van der Waals surface area contributed by atoms with Gasteiger partial charge in [-0.3, -0.25) is 14.9 Å². The SMILES string of the molecule is CCCN(CC(=O)O)c1c([N+](=O)[O-])c(C)nn1CCC. The fourth-order valence-electron chi connectivity index (χ4n) is 2.15. The van der Waals surface area contributed by atoms with Crippen molar-refractivity contribution < 1.29 is 14.8 Å². The molecule has 1 rings (SSSR count). The minimum Gasteiger partial charge on any atom is -0.480 e. The Kier molecular flexibility index (Phi) is 5.48. The van der Waals surface area contributed by atoms with E-state index in [1.54, 1.807) is 6.92 Å². The Bertz CT molecular complexity index is 498. The lowest BCUT2D eigenvalue weighted by molar-refractivity contribution is -0.384. The van der Waals surface area contributed by atoms with Crippen molar-refractivity contribution in [2.75, 3.05) is 18.0 Å². The molecule has 1 aromatic heterocycles. The van der Waals surface area contributed by atoms with E-state index >= 15 is 0 Å². The zero-order valence-electron chi connectivity index (χ0n) is 12.0. The highest BCUT2D eigenvalue weighted by atomic mass is 16.6. The fourth-order valence-corrected chi connectivity index (χ4v) is 2.15. The van der Waals surface area contributed by atoms with Crippen molar-refractivity contribution in [1.82, 2.24) is 9.78 Å². The summed E-state index contributed by atoms with van der Waals surface area (Å²) in [5, 5.41) is 24.4. The molecule has 8 nitrogen and oxygen atoms in total. The fraction of sp³-hybridized carbons (Fsp3) is 0.667. The molecule has 8 heteroatoms. The molecule has 0 fully saturated rings. The van der Waals surface area contributed by atoms with E-state index in [0.29, 0.717) is 31.0 Å². The van der Waals surface area contributed by atoms with Gasteiger partial charge in [-0.2, -0.15) is 5.10 Å². The highest BCUT2D eigenvalue weighted by Crippen LogP contribution is 2.31. The normalized spacial score (nSPS) is 10.6. The number of carbonyl (C=O) groups is 1. The first kappa shape index (κ1) is 15.9. The molecule has 0 atom stereocenters. The number of nitro groups is 1. The van der Waals surface area contributed by atoms with Crippen LogP contribution in [-0.4, -0.2) is 38.9 Å². The summed E-state index contributed by atoms with van der Waals surface area (Å²) in [5.41, 5.74) is 0.207. The Morgan fingerprint density at radius 1 is 1.45 bits per heavy atom. The van der Waals surface area contributed by atoms with Gasteiger partial charge in [0, 0.05) is 13.1 Å². The highest BCUT2D eigenvalue weighted by Gasteiger charge is 2.29.